The average Bonchev–Trinajstić information content (AvgIpc) is 3.10. The van der Waals surface area contributed by atoms with Gasteiger partial charge in [0.15, 0.2) is 9.84 Å². The van der Waals surface area contributed by atoms with E-state index < -0.39 is 45.1 Å². The number of carbonyl (C=O) groups excluding carboxylic acids is 2. The van der Waals surface area contributed by atoms with E-state index in [0.717, 1.165) is 22.3 Å². The smallest absolute Gasteiger partial charge is 0.307 e. The molecule has 4 rings (SSSR count). The molecule has 0 aliphatic carbocycles. The lowest BCUT2D eigenvalue weighted by Gasteiger charge is -2.25. The van der Waals surface area contributed by atoms with E-state index in [-0.39, 0.29) is 24.7 Å². The summed E-state index contributed by atoms with van der Waals surface area (Å²) in [6.07, 6.45) is 0.435. The van der Waals surface area contributed by atoms with Gasteiger partial charge < -0.3 is 19.7 Å². The number of carbonyl (C=O) groups is 2. The van der Waals surface area contributed by atoms with Crippen LogP contribution in [0.15, 0.2) is 72.8 Å². The van der Waals surface area contributed by atoms with E-state index in [1.807, 2.05) is 26.0 Å². The van der Waals surface area contributed by atoms with Crippen LogP contribution in [0, 0.1) is 39.5 Å². The van der Waals surface area contributed by atoms with Gasteiger partial charge in [-0.15, -0.1) is 0 Å². The predicted molar refractivity (Wildman–Crippen MR) is 208 cm³/mol. The Morgan fingerprint density at radius 1 is 0.604 bits per heavy atom. The number of esters is 2. The Balaban J connectivity index is 1.60. The first-order chi connectivity index (χ1) is 25.0. The molecule has 53 heavy (non-hydrogen) atoms. The average molecular weight is 743 g/mol. The zero-order chi connectivity index (χ0) is 39.0. The van der Waals surface area contributed by atoms with Gasteiger partial charge in [0.05, 0.1) is 23.3 Å². The van der Waals surface area contributed by atoms with Gasteiger partial charge in [-0.05, 0) is 108 Å². The lowest BCUT2D eigenvalue weighted by molar-refractivity contribution is -0.145. The molecular formula is C44H54O8S. The second-order valence-corrected chi connectivity index (χ2v) is 17.2. The van der Waals surface area contributed by atoms with E-state index in [1.54, 1.807) is 74.5 Å². The maximum absolute atomic E-state index is 14.7. The Bertz CT molecular complexity index is 1860. The predicted octanol–water partition coefficient (Wildman–Crippen LogP) is 9.19. The minimum absolute atomic E-state index is 0.130. The first kappa shape index (κ1) is 41.1. The summed E-state index contributed by atoms with van der Waals surface area (Å²) in [5, 5.41) is 19.1. The monoisotopic (exact) mass is 742 g/mol. The number of aromatic hydroxyl groups is 2. The highest BCUT2D eigenvalue weighted by molar-refractivity contribution is 7.92. The van der Waals surface area contributed by atoms with Crippen LogP contribution in [0.3, 0.4) is 0 Å². The standard InChI is InChI=1S/C44H54O8S/c1-27(2)19-35-21-29(5)37(31(7)43(35)47)25-51-41(45)23-39(33-15-11-9-12-16-33)53(49,50)40(34-17-13-10-14-18-34)24-42(46)52-26-38-30(6)22-36(20-28(3)4)44(48)32(38)8/h9-18,21-22,27-28,39-40,47-48H,19-20,23-26H2,1-8H3. The second-order valence-electron chi connectivity index (χ2n) is 14.9. The van der Waals surface area contributed by atoms with Gasteiger partial charge in [0, 0.05) is 0 Å². The fourth-order valence-corrected chi connectivity index (χ4v) is 9.14. The quantitative estimate of drug-likeness (QED) is 0.109. The third-order valence-electron chi connectivity index (χ3n) is 9.81. The fourth-order valence-electron chi connectivity index (χ4n) is 6.93. The molecule has 0 fully saturated rings. The summed E-state index contributed by atoms with van der Waals surface area (Å²) in [5.74, 6) is -0.431. The van der Waals surface area contributed by atoms with Gasteiger partial charge in [-0.2, -0.15) is 0 Å². The third-order valence-corrected chi connectivity index (χ3v) is 12.3. The Morgan fingerprint density at radius 3 is 1.26 bits per heavy atom. The molecule has 0 saturated heterocycles. The Labute approximate surface area is 315 Å². The van der Waals surface area contributed by atoms with Crippen molar-refractivity contribution in [3.8, 4) is 11.5 Å². The molecule has 0 radical (unpaired) electrons. The van der Waals surface area contributed by atoms with Gasteiger partial charge in [-0.3, -0.25) is 9.59 Å². The number of sulfone groups is 1. The summed E-state index contributed by atoms with van der Waals surface area (Å²) in [7, 11) is -4.29. The summed E-state index contributed by atoms with van der Waals surface area (Å²) in [4.78, 5) is 27.0. The van der Waals surface area contributed by atoms with Gasteiger partial charge in [-0.1, -0.05) is 100 Å². The van der Waals surface area contributed by atoms with E-state index in [2.05, 4.69) is 27.7 Å². The van der Waals surface area contributed by atoms with Crippen molar-refractivity contribution in [1.29, 1.82) is 0 Å². The van der Waals surface area contributed by atoms with Crippen molar-refractivity contribution >= 4 is 21.8 Å². The highest BCUT2D eigenvalue weighted by Gasteiger charge is 2.39. The van der Waals surface area contributed by atoms with Crippen LogP contribution in [0.4, 0.5) is 0 Å². The summed E-state index contributed by atoms with van der Waals surface area (Å²) in [6, 6.07) is 20.7. The van der Waals surface area contributed by atoms with Crippen molar-refractivity contribution < 1.29 is 37.7 Å². The molecular weight excluding hydrogens is 689 g/mol. The highest BCUT2D eigenvalue weighted by atomic mass is 32.2. The molecule has 2 atom stereocenters. The van der Waals surface area contributed by atoms with Gasteiger partial charge >= 0.3 is 11.9 Å². The molecule has 284 valence electrons. The number of hydrogen-bond donors (Lipinski definition) is 2. The van der Waals surface area contributed by atoms with Crippen LogP contribution in [0.5, 0.6) is 11.5 Å². The van der Waals surface area contributed by atoms with Crippen molar-refractivity contribution in [1.82, 2.24) is 0 Å². The number of ether oxygens (including phenoxy) is 2. The third kappa shape index (κ3) is 10.3. The van der Waals surface area contributed by atoms with Gasteiger partial charge in [-0.25, -0.2) is 8.42 Å². The molecule has 2 N–H and O–H groups in total. The van der Waals surface area contributed by atoms with Crippen molar-refractivity contribution in [2.75, 3.05) is 0 Å². The maximum atomic E-state index is 14.7. The number of benzene rings is 4. The molecule has 0 aliphatic heterocycles. The largest absolute Gasteiger partial charge is 0.507 e. The minimum atomic E-state index is -4.29. The zero-order valence-corrected chi connectivity index (χ0v) is 33.0. The van der Waals surface area contributed by atoms with Crippen LogP contribution in [0.25, 0.3) is 0 Å². The van der Waals surface area contributed by atoms with Crippen LogP contribution in [-0.4, -0.2) is 30.6 Å². The Hall–Kier alpha value is -4.63. The van der Waals surface area contributed by atoms with E-state index in [4.69, 9.17) is 9.47 Å². The fraction of sp³-hybridized carbons (Fsp3) is 0.409. The maximum Gasteiger partial charge on any atom is 0.307 e. The lowest BCUT2D eigenvalue weighted by atomic mass is 9.93. The molecule has 0 heterocycles. The SMILES string of the molecule is Cc1cc(CC(C)C)c(O)c(C)c1COC(=O)CC(c1ccccc1)S(=O)(=O)C(CC(=O)OCc1c(C)cc(CC(C)C)c(O)c1C)c1ccccc1. The van der Waals surface area contributed by atoms with Crippen molar-refractivity contribution in [2.24, 2.45) is 11.8 Å². The van der Waals surface area contributed by atoms with E-state index >= 15 is 0 Å². The first-order valence-electron chi connectivity index (χ1n) is 18.3. The minimum Gasteiger partial charge on any atom is -0.507 e. The summed E-state index contributed by atoms with van der Waals surface area (Å²) < 4.78 is 40.9. The molecule has 0 aliphatic rings. The van der Waals surface area contributed by atoms with Crippen LogP contribution >= 0.6 is 0 Å². The molecule has 0 amide bonds. The molecule has 2 unspecified atom stereocenters. The molecule has 4 aromatic carbocycles. The number of aryl methyl sites for hydroxylation is 2. The number of phenolic OH excluding ortho intramolecular Hbond substituents is 2. The normalized spacial score (nSPS) is 12.9. The van der Waals surface area contributed by atoms with Crippen LogP contribution in [0.2, 0.25) is 0 Å². The Morgan fingerprint density at radius 2 is 0.943 bits per heavy atom. The Kier molecular flexibility index (Phi) is 13.9. The molecule has 9 heteroatoms. The first-order valence-corrected chi connectivity index (χ1v) is 19.9. The van der Waals surface area contributed by atoms with Gasteiger partial charge in [0.25, 0.3) is 0 Å². The molecule has 0 spiro atoms. The van der Waals surface area contributed by atoms with Gasteiger partial charge in [0.1, 0.15) is 24.7 Å². The summed E-state index contributed by atoms with van der Waals surface area (Å²) in [5.41, 5.74) is 6.75. The molecule has 4 aromatic rings. The topological polar surface area (TPSA) is 127 Å². The van der Waals surface area contributed by atoms with Crippen LogP contribution < -0.4 is 0 Å². The van der Waals surface area contributed by atoms with Crippen LogP contribution in [-0.2, 0) is 55.0 Å². The van der Waals surface area contributed by atoms with Crippen molar-refractivity contribution in [2.45, 2.75) is 105 Å². The number of rotatable bonds is 16. The van der Waals surface area contributed by atoms with Crippen molar-refractivity contribution in [3.05, 3.63) is 128 Å². The van der Waals surface area contributed by atoms with Gasteiger partial charge in [0.2, 0.25) is 0 Å². The zero-order valence-electron chi connectivity index (χ0n) is 32.2. The van der Waals surface area contributed by atoms with Crippen LogP contribution in [0.1, 0.15) is 107 Å². The number of phenols is 2. The van der Waals surface area contributed by atoms with Crippen molar-refractivity contribution in [3.63, 3.8) is 0 Å². The molecule has 8 nitrogen and oxygen atoms in total. The highest BCUT2D eigenvalue weighted by Crippen LogP contribution is 2.40. The molecule has 0 bridgehead atoms. The lowest BCUT2D eigenvalue weighted by Crippen LogP contribution is -2.26. The van der Waals surface area contributed by atoms with E-state index in [0.29, 0.717) is 58.1 Å². The number of hydrogen-bond acceptors (Lipinski definition) is 8. The van der Waals surface area contributed by atoms with E-state index in [1.165, 1.54) is 0 Å². The molecule has 0 aromatic heterocycles. The second kappa shape index (κ2) is 17.9. The summed E-state index contributed by atoms with van der Waals surface area (Å²) >= 11 is 0. The van der Waals surface area contributed by atoms with E-state index in [9.17, 15) is 28.2 Å². The summed E-state index contributed by atoms with van der Waals surface area (Å²) in [6.45, 7) is 15.4. The molecule has 0 saturated carbocycles.